The molecule has 1 fully saturated rings. The fraction of sp³-hybridized carbons (Fsp3) is 0.444. The summed E-state index contributed by atoms with van der Waals surface area (Å²) in [5.74, 6) is 0.923. The molecule has 2 aromatic heterocycles. The summed E-state index contributed by atoms with van der Waals surface area (Å²) in [5, 5.41) is 0.694. The molecule has 0 aliphatic carbocycles. The van der Waals surface area contributed by atoms with E-state index in [0.717, 1.165) is 43.8 Å². The lowest BCUT2D eigenvalue weighted by molar-refractivity contribution is -0.107. The highest BCUT2D eigenvalue weighted by Gasteiger charge is 2.30. The van der Waals surface area contributed by atoms with Crippen LogP contribution in [0.5, 0.6) is 5.75 Å². The van der Waals surface area contributed by atoms with Crippen molar-refractivity contribution in [3.05, 3.63) is 36.4 Å². The summed E-state index contributed by atoms with van der Waals surface area (Å²) in [4.78, 5) is 28.9. The van der Waals surface area contributed by atoms with Gasteiger partial charge in [0, 0.05) is 51.1 Å². The molecule has 0 unspecified atom stereocenters. The number of halogens is 1. The van der Waals surface area contributed by atoms with Crippen molar-refractivity contribution in [2.24, 2.45) is 0 Å². The van der Waals surface area contributed by atoms with Crippen molar-refractivity contribution < 1.29 is 13.9 Å². The maximum Gasteiger partial charge on any atom is 0.213 e. The Bertz CT molecular complexity index is 1270. The van der Waals surface area contributed by atoms with Gasteiger partial charge in [-0.3, -0.25) is 9.78 Å². The second kappa shape index (κ2) is 9.54. The topological polar surface area (TPSA) is 65.0 Å². The monoisotopic (exact) mass is 492 g/mol. The zero-order valence-electron chi connectivity index (χ0n) is 21.5. The lowest BCUT2D eigenvalue weighted by atomic mass is 10.00. The van der Waals surface area contributed by atoms with Crippen LogP contribution < -0.4 is 19.4 Å². The molecule has 1 atom stereocenters. The number of benzene rings is 1. The summed E-state index contributed by atoms with van der Waals surface area (Å²) in [6.07, 6.45) is 6.26. The minimum atomic E-state index is -0.411. The number of ether oxygens (including phenoxy) is 1. The molecule has 0 spiro atoms. The predicted octanol–water partition coefficient (Wildman–Crippen LogP) is 3.78. The summed E-state index contributed by atoms with van der Waals surface area (Å²) in [6, 6.07) is 5.91. The number of pyridine rings is 2. The Kier molecular flexibility index (Phi) is 6.42. The summed E-state index contributed by atoms with van der Waals surface area (Å²) < 4.78 is 21.8. The third kappa shape index (κ3) is 4.11. The first kappa shape index (κ1) is 24.2. The number of hydrogen-bond donors (Lipinski definition) is 0. The highest BCUT2D eigenvalue weighted by atomic mass is 19.1. The van der Waals surface area contributed by atoms with Gasteiger partial charge in [0.2, 0.25) is 6.41 Å². The second-order valence-corrected chi connectivity index (χ2v) is 10.0. The van der Waals surface area contributed by atoms with Gasteiger partial charge in [-0.15, -0.1) is 0 Å². The average Bonchev–Trinajstić information content (AvgIpc) is 3.02. The van der Waals surface area contributed by atoms with Crippen LogP contribution in [0.4, 0.5) is 21.6 Å². The molecule has 8 nitrogen and oxygen atoms in total. The van der Waals surface area contributed by atoms with Gasteiger partial charge < -0.3 is 24.3 Å². The van der Waals surface area contributed by atoms with Gasteiger partial charge in [-0.2, -0.15) is 0 Å². The minimum absolute atomic E-state index is 0.00306. The van der Waals surface area contributed by atoms with Crippen LogP contribution in [0, 0.1) is 5.82 Å². The molecule has 0 bridgehead atoms. The fourth-order valence-corrected chi connectivity index (χ4v) is 5.22. The normalized spacial score (nSPS) is 18.4. The Labute approximate surface area is 211 Å². The second-order valence-electron chi connectivity index (χ2n) is 10.0. The van der Waals surface area contributed by atoms with Gasteiger partial charge in [-0.05, 0) is 46.0 Å². The lowest BCUT2D eigenvalue weighted by Crippen LogP contribution is -2.42. The first-order valence-corrected chi connectivity index (χ1v) is 12.4. The molecule has 0 radical (unpaired) electrons. The van der Waals surface area contributed by atoms with Crippen molar-refractivity contribution in [1.29, 1.82) is 0 Å². The number of carbonyl (C=O) groups is 1. The van der Waals surface area contributed by atoms with Crippen LogP contribution in [0.2, 0.25) is 0 Å². The average molecular weight is 493 g/mol. The van der Waals surface area contributed by atoms with E-state index in [1.807, 2.05) is 26.1 Å². The molecule has 5 rings (SSSR count). The molecule has 2 aliphatic rings. The van der Waals surface area contributed by atoms with Crippen molar-refractivity contribution in [2.75, 3.05) is 62.6 Å². The van der Waals surface area contributed by atoms with E-state index in [4.69, 9.17) is 9.72 Å². The third-order valence-corrected chi connectivity index (χ3v) is 7.59. The van der Waals surface area contributed by atoms with E-state index in [1.54, 1.807) is 19.4 Å². The molecule has 1 aromatic carbocycles. The molecule has 3 aromatic rings. The zero-order chi connectivity index (χ0) is 25.6. The highest BCUT2D eigenvalue weighted by molar-refractivity contribution is 6.07. The standard InChI is InChI=1S/C27H33FN6O2/c1-17-15-36-27-24(18-6-7-23(30-13-18)34-10-8-19(9-11-34)31(2)3)20(28)12-21-25(27)26(33(17)5)22(14-29-21)32(4)16-35/h6-7,12-14,16-17,19H,8-11,15H2,1-5H3/t17-/m0/s1. The SMILES string of the molecule is C[C@H]1COc2c(-c3ccc(N4CCC(N(C)C)CC4)nc3)c(F)cc3ncc(N(C)C=O)c(c23)N1C. The van der Waals surface area contributed by atoms with E-state index in [1.165, 1.54) is 11.0 Å². The maximum absolute atomic E-state index is 15.6. The Balaban J connectivity index is 1.59. The van der Waals surface area contributed by atoms with E-state index >= 15 is 4.39 Å². The summed E-state index contributed by atoms with van der Waals surface area (Å²) in [7, 11) is 7.90. The predicted molar refractivity (Wildman–Crippen MR) is 142 cm³/mol. The highest BCUT2D eigenvalue weighted by Crippen LogP contribution is 2.47. The third-order valence-electron chi connectivity index (χ3n) is 7.59. The van der Waals surface area contributed by atoms with E-state index in [0.29, 0.717) is 46.1 Å². The van der Waals surface area contributed by atoms with E-state index in [9.17, 15) is 4.79 Å². The van der Waals surface area contributed by atoms with Crippen molar-refractivity contribution >= 4 is 34.5 Å². The van der Waals surface area contributed by atoms with Crippen LogP contribution in [0.1, 0.15) is 19.8 Å². The Morgan fingerprint density at radius 3 is 2.53 bits per heavy atom. The van der Waals surface area contributed by atoms with Crippen molar-refractivity contribution in [1.82, 2.24) is 14.9 Å². The van der Waals surface area contributed by atoms with Gasteiger partial charge >= 0.3 is 0 Å². The zero-order valence-corrected chi connectivity index (χ0v) is 21.5. The van der Waals surface area contributed by atoms with Crippen molar-refractivity contribution in [3.63, 3.8) is 0 Å². The number of hydrogen-bond acceptors (Lipinski definition) is 7. The largest absolute Gasteiger partial charge is 0.490 e. The first-order chi connectivity index (χ1) is 17.3. The molecule has 2 aliphatic heterocycles. The number of carbonyl (C=O) groups excluding carboxylic acids is 1. The maximum atomic E-state index is 15.6. The first-order valence-electron chi connectivity index (χ1n) is 12.4. The summed E-state index contributed by atoms with van der Waals surface area (Å²) >= 11 is 0. The van der Waals surface area contributed by atoms with Crippen LogP contribution in [0.15, 0.2) is 30.6 Å². The molecule has 1 saturated heterocycles. The van der Waals surface area contributed by atoms with Gasteiger partial charge in [0.15, 0.2) is 0 Å². The Morgan fingerprint density at radius 2 is 1.89 bits per heavy atom. The van der Waals surface area contributed by atoms with Gasteiger partial charge in [0.05, 0.1) is 40.1 Å². The Hall–Kier alpha value is -3.46. The molecule has 9 heteroatoms. The molecule has 4 heterocycles. The number of nitrogens with zero attached hydrogens (tertiary/aromatic N) is 6. The van der Waals surface area contributed by atoms with Crippen molar-refractivity contribution in [2.45, 2.75) is 31.8 Å². The number of likely N-dealkylation sites (N-methyl/N-ethyl adjacent to an activating group) is 1. The lowest BCUT2D eigenvalue weighted by Gasteiger charge is -2.35. The molecule has 36 heavy (non-hydrogen) atoms. The minimum Gasteiger partial charge on any atom is -0.490 e. The van der Waals surface area contributed by atoms with Crippen LogP contribution in [-0.4, -0.2) is 81.2 Å². The number of piperidine rings is 1. The quantitative estimate of drug-likeness (QED) is 0.503. The molecule has 1 amide bonds. The smallest absolute Gasteiger partial charge is 0.213 e. The summed E-state index contributed by atoms with van der Waals surface area (Å²) in [5.41, 5.74) is 2.94. The summed E-state index contributed by atoms with van der Waals surface area (Å²) in [6.45, 7) is 4.29. The number of aromatic nitrogens is 2. The molecular formula is C27H33FN6O2. The van der Waals surface area contributed by atoms with Crippen molar-refractivity contribution in [3.8, 4) is 16.9 Å². The molecule has 0 saturated carbocycles. The van der Waals surface area contributed by atoms with Gasteiger partial charge in [0.25, 0.3) is 0 Å². The van der Waals surface area contributed by atoms with Crippen LogP contribution in [-0.2, 0) is 4.79 Å². The van der Waals surface area contributed by atoms with Gasteiger partial charge in [0.1, 0.15) is 24.0 Å². The van der Waals surface area contributed by atoms with Crippen LogP contribution in [0.3, 0.4) is 0 Å². The fourth-order valence-electron chi connectivity index (χ4n) is 5.22. The van der Waals surface area contributed by atoms with Gasteiger partial charge in [-0.1, -0.05) is 0 Å². The van der Waals surface area contributed by atoms with E-state index in [-0.39, 0.29) is 6.04 Å². The van der Waals surface area contributed by atoms with Crippen LogP contribution in [0.25, 0.3) is 22.0 Å². The number of rotatable bonds is 5. The van der Waals surface area contributed by atoms with E-state index in [2.05, 4.69) is 33.8 Å². The molecule has 0 N–H and O–H groups in total. The number of amides is 1. The van der Waals surface area contributed by atoms with Gasteiger partial charge in [-0.25, -0.2) is 9.37 Å². The molecule has 190 valence electrons. The Morgan fingerprint density at radius 1 is 1.14 bits per heavy atom. The van der Waals surface area contributed by atoms with Crippen LogP contribution >= 0.6 is 0 Å². The van der Waals surface area contributed by atoms with E-state index < -0.39 is 5.82 Å². The number of anilines is 3. The molecular weight excluding hydrogens is 459 g/mol.